The van der Waals surface area contributed by atoms with Crippen molar-refractivity contribution in [2.24, 2.45) is 0 Å². The molecule has 0 saturated heterocycles. The summed E-state index contributed by atoms with van der Waals surface area (Å²) in [5.41, 5.74) is 30.1. The molecule has 3 aliphatic rings. The third kappa shape index (κ3) is 22.9. The maximum absolute atomic E-state index is 4.31. The minimum atomic E-state index is 0. The average Bonchev–Trinajstić information content (AvgIpc) is 1.64. The van der Waals surface area contributed by atoms with Crippen LogP contribution in [0.1, 0.15) is 47.2 Å². The Hall–Kier alpha value is -12.0. The van der Waals surface area contributed by atoms with Crippen LogP contribution in [0.25, 0.3) is 84.2 Å². The fourth-order valence-electron chi connectivity index (χ4n) is 13.4. The second kappa shape index (κ2) is 43.5. The summed E-state index contributed by atoms with van der Waals surface area (Å²) >= 11 is 0. The topological polar surface area (TPSA) is 58.1 Å². The van der Waals surface area contributed by atoms with E-state index in [1.54, 1.807) is 12.4 Å². The number of pyridine rings is 3. The van der Waals surface area contributed by atoms with E-state index in [9.17, 15) is 0 Å². The molecule has 116 heavy (non-hydrogen) atoms. The minimum Gasteiger partial charge on any atom is -0.504 e. The molecule has 0 unspecified atom stereocenters. The Morgan fingerprint density at radius 1 is 0.284 bits per heavy atom. The fraction of sp³-hybridized carbons (Fsp3) is 0.0769. The van der Waals surface area contributed by atoms with Crippen LogP contribution in [0.3, 0.4) is 0 Å². The van der Waals surface area contributed by atoms with E-state index < -0.39 is 0 Å². The van der Waals surface area contributed by atoms with Gasteiger partial charge in [-0.2, -0.15) is 111 Å². The van der Waals surface area contributed by atoms with Gasteiger partial charge >= 0.3 is 58.4 Å². The molecular formula is C104H88N9Rh3. The molecule has 12 aromatic carbocycles. The van der Waals surface area contributed by atoms with Gasteiger partial charge in [0, 0.05) is 47.1 Å². The standard InChI is InChI=1S/2C23H20N2.C22H18N2.C13H12N.C12H10N.C11H8N.3Rh/c2*1-18-23(24(2)17-25(18)22-11-7-4-8-12-22)21-15-13-20(14-16-21)19-9-5-3-6-10-19;1-23-17-24(21-10-6-3-7-11-21)16-22(23)20-14-12-19(13-15-20)18-8-4-2-5-9-18;1-10-6-7-12(11(2)9-10)13-5-3-4-8-14-13;1-10-5-7-11(8-6-10)12-4-2-3-9-13-12;1-2-6-10(7-3-1)11-8-4-5-9-12-11;;;/h2*3-11,13-17H,1-2H3;2-10,12-17H,1H3;3-6,8-9H,1-2H3;2-7,9H,1H3;1-6,8-9H;;;/q3*-2;3*-1;3*+3. The van der Waals surface area contributed by atoms with Gasteiger partial charge in [-0.1, -0.05) is 221 Å². The average molecular weight is 1770 g/mol. The van der Waals surface area contributed by atoms with Crippen LogP contribution in [0.5, 0.6) is 0 Å². The van der Waals surface area contributed by atoms with Crippen molar-refractivity contribution in [3.8, 4) is 67.2 Å². The largest absolute Gasteiger partial charge is 3.00 e. The molecule has 0 saturated carbocycles. The predicted octanol–water partition coefficient (Wildman–Crippen LogP) is 24.4. The normalized spacial score (nSPS) is 12.4. The first-order valence-corrected chi connectivity index (χ1v) is 37.7. The SMILES string of the molecule is CC1=C(c2ccc(-c3ccccc3)cc2)N(C)[CH-]N1c1[c-]cccc1.CC1=C(c2ccc(-c3ccccc3)cc2)N(C)[CH-]N1c1[c-]cccc1.CN1[CH-]N(c2[c-]cccc2)C=C1c1ccc(-c2ccccc2)cc1.Cc1c[c-]c(-c2ccccn2)c(C)c1.Cc1c[c-]c(-c2ccccn2)cc1.[Rh+3].[Rh+3].[Rh+3].[c-]1ccccc1-c1ccccn1. The molecule has 9 nitrogen and oxygen atoms in total. The van der Waals surface area contributed by atoms with Crippen molar-refractivity contribution in [3.05, 3.63) is 472 Å². The maximum Gasteiger partial charge on any atom is 3.00 e. The smallest absolute Gasteiger partial charge is 0.504 e. The third-order valence-corrected chi connectivity index (χ3v) is 19.1. The van der Waals surface area contributed by atoms with Gasteiger partial charge in [0.05, 0.1) is 0 Å². The van der Waals surface area contributed by atoms with E-state index in [1.807, 2.05) is 176 Å². The number of aromatic nitrogens is 3. The van der Waals surface area contributed by atoms with Gasteiger partial charge in [-0.25, -0.2) is 0 Å². The molecule has 0 aliphatic carbocycles. The first kappa shape index (κ1) is 86.4. The van der Waals surface area contributed by atoms with Gasteiger partial charge in [0.25, 0.3) is 0 Å². The molecule has 576 valence electrons. The number of benzene rings is 12. The molecule has 3 aromatic heterocycles. The van der Waals surface area contributed by atoms with Crippen LogP contribution < -0.4 is 14.7 Å². The number of allylic oxidation sites excluding steroid dienone is 2. The summed E-state index contributed by atoms with van der Waals surface area (Å²) in [4.78, 5) is 25.7. The second-order valence-corrected chi connectivity index (χ2v) is 27.2. The van der Waals surface area contributed by atoms with E-state index in [0.717, 1.165) is 50.8 Å². The van der Waals surface area contributed by atoms with E-state index in [2.05, 4.69) is 339 Å². The van der Waals surface area contributed by atoms with Gasteiger partial charge < -0.3 is 44.4 Å². The van der Waals surface area contributed by atoms with Crippen LogP contribution in [-0.2, 0) is 58.4 Å². The number of para-hydroxylation sites is 3. The van der Waals surface area contributed by atoms with Crippen molar-refractivity contribution in [2.45, 2.75) is 34.6 Å². The number of hydrogen-bond donors (Lipinski definition) is 0. The molecule has 18 rings (SSSR count). The van der Waals surface area contributed by atoms with Crippen molar-refractivity contribution in [1.82, 2.24) is 29.7 Å². The zero-order valence-electron chi connectivity index (χ0n) is 66.0. The van der Waals surface area contributed by atoms with Gasteiger partial charge in [-0.15, -0.1) is 123 Å². The summed E-state index contributed by atoms with van der Waals surface area (Å²) in [5, 5.41) is 0. The van der Waals surface area contributed by atoms with Crippen LogP contribution in [0, 0.1) is 77.2 Å². The van der Waals surface area contributed by atoms with Gasteiger partial charge in [-0.3, -0.25) is 0 Å². The van der Waals surface area contributed by atoms with Crippen molar-refractivity contribution in [2.75, 3.05) is 35.8 Å². The summed E-state index contributed by atoms with van der Waals surface area (Å²) < 4.78 is 0. The Balaban J connectivity index is 0.000000150. The van der Waals surface area contributed by atoms with Crippen LogP contribution in [0.2, 0.25) is 0 Å². The molecule has 0 N–H and O–H groups in total. The molecule has 0 fully saturated rings. The molecule has 0 amide bonds. The van der Waals surface area contributed by atoms with E-state index in [0.29, 0.717) is 0 Å². The van der Waals surface area contributed by atoms with Gasteiger partial charge in [-0.05, 0) is 127 Å². The number of rotatable bonds is 12. The fourth-order valence-corrected chi connectivity index (χ4v) is 13.4. The monoisotopic (exact) mass is 1770 g/mol. The summed E-state index contributed by atoms with van der Waals surface area (Å²) in [7, 11) is 6.25. The molecule has 0 radical (unpaired) electrons. The quantitative estimate of drug-likeness (QED) is 0.0879. The summed E-state index contributed by atoms with van der Waals surface area (Å²) in [6.45, 7) is 16.8. The van der Waals surface area contributed by atoms with Gasteiger partial charge in [0.15, 0.2) is 0 Å². The van der Waals surface area contributed by atoms with Crippen molar-refractivity contribution in [1.29, 1.82) is 0 Å². The summed E-state index contributed by atoms with van der Waals surface area (Å²) in [6.07, 6.45) is 7.53. The number of aryl methyl sites for hydroxylation is 3. The predicted molar refractivity (Wildman–Crippen MR) is 468 cm³/mol. The van der Waals surface area contributed by atoms with Gasteiger partial charge in [0.2, 0.25) is 0 Å². The first-order chi connectivity index (χ1) is 55.4. The van der Waals surface area contributed by atoms with Gasteiger partial charge in [0.1, 0.15) is 0 Å². The van der Waals surface area contributed by atoms with E-state index in [4.69, 9.17) is 0 Å². The Bertz CT molecular complexity index is 5330. The van der Waals surface area contributed by atoms with Crippen molar-refractivity contribution >= 4 is 34.2 Å². The first-order valence-electron chi connectivity index (χ1n) is 37.7. The molecule has 3 aliphatic heterocycles. The molecule has 12 heteroatoms. The zero-order valence-corrected chi connectivity index (χ0v) is 70.9. The molecular weight excluding hydrogens is 1680 g/mol. The Morgan fingerprint density at radius 2 is 0.647 bits per heavy atom. The van der Waals surface area contributed by atoms with Crippen LogP contribution in [0.15, 0.2) is 382 Å². The minimum absolute atomic E-state index is 0. The Labute approximate surface area is 725 Å². The molecule has 15 aromatic rings. The van der Waals surface area contributed by atoms with E-state index >= 15 is 0 Å². The number of anilines is 3. The molecule has 0 spiro atoms. The Morgan fingerprint density at radius 3 is 1.03 bits per heavy atom. The molecule has 0 atom stereocenters. The number of hydrogen-bond acceptors (Lipinski definition) is 9. The van der Waals surface area contributed by atoms with Crippen LogP contribution >= 0.6 is 0 Å². The van der Waals surface area contributed by atoms with Crippen molar-refractivity contribution < 1.29 is 58.4 Å². The molecule has 0 bridgehead atoms. The molecule has 6 heterocycles. The maximum atomic E-state index is 4.31. The third-order valence-electron chi connectivity index (χ3n) is 19.1. The zero-order chi connectivity index (χ0) is 78.1. The summed E-state index contributed by atoms with van der Waals surface area (Å²) in [5.74, 6) is 0. The van der Waals surface area contributed by atoms with Crippen LogP contribution in [0.4, 0.5) is 17.1 Å². The van der Waals surface area contributed by atoms with E-state index in [-0.39, 0.29) is 58.4 Å². The van der Waals surface area contributed by atoms with E-state index in [1.165, 1.54) is 95.2 Å². The van der Waals surface area contributed by atoms with Crippen LogP contribution in [-0.4, -0.2) is 50.8 Å². The Kier molecular flexibility index (Phi) is 32.4. The van der Waals surface area contributed by atoms with Crippen molar-refractivity contribution in [3.63, 3.8) is 0 Å². The second-order valence-electron chi connectivity index (χ2n) is 27.2. The number of nitrogens with zero attached hydrogens (tertiary/aromatic N) is 9. The summed E-state index contributed by atoms with van der Waals surface area (Å²) in [6, 6.07) is 137.